The third kappa shape index (κ3) is 3.26. The van der Waals surface area contributed by atoms with Crippen LogP contribution in [0.3, 0.4) is 0 Å². The fourth-order valence-electron chi connectivity index (χ4n) is 3.89. The Morgan fingerprint density at radius 2 is 2.04 bits per heavy atom. The highest BCUT2D eigenvalue weighted by atomic mass is 16.3. The van der Waals surface area contributed by atoms with Crippen LogP contribution in [0.25, 0.3) is 0 Å². The summed E-state index contributed by atoms with van der Waals surface area (Å²) in [5.41, 5.74) is 4.59. The van der Waals surface area contributed by atoms with Gasteiger partial charge in [-0.15, -0.1) is 0 Å². The molecule has 1 unspecified atom stereocenters. The van der Waals surface area contributed by atoms with Crippen molar-refractivity contribution in [3.05, 3.63) is 82.9 Å². The molecule has 0 saturated carbocycles. The Bertz CT molecular complexity index is 995. The lowest BCUT2D eigenvalue weighted by atomic mass is 9.82. The van der Waals surface area contributed by atoms with E-state index >= 15 is 0 Å². The Balaban J connectivity index is 1.84. The van der Waals surface area contributed by atoms with E-state index in [1.54, 1.807) is 12.5 Å². The van der Waals surface area contributed by atoms with Gasteiger partial charge in [-0.3, -0.25) is 4.79 Å². The number of rotatable bonds is 4. The van der Waals surface area contributed by atoms with E-state index in [-0.39, 0.29) is 5.91 Å². The molecule has 1 aromatic heterocycles. The maximum Gasteiger partial charge on any atom is 0.224 e. The topological polar surface area (TPSA) is 67.1 Å². The lowest BCUT2D eigenvalue weighted by Crippen LogP contribution is -2.34. The molecule has 0 bridgehead atoms. The predicted octanol–water partition coefficient (Wildman–Crippen LogP) is 3.32. The molecular weight excluding hydrogens is 338 g/mol. The van der Waals surface area contributed by atoms with Gasteiger partial charge in [0.2, 0.25) is 5.91 Å². The number of benzene rings is 2. The first-order valence-electron chi connectivity index (χ1n) is 9.15. The monoisotopic (exact) mass is 361 g/mol. The molecule has 5 heteroatoms. The Hall–Kier alpha value is -2.92. The standard InChI is InChI=1S/C22H23N3O2/c1-15-3-6-19(16(2)11-15)22(27,13-25-10-9-23-14-25)18-5-7-20-17(12-18)4-8-21(26)24-20/h3,5-7,9-12,14,27H,4,8,13H2,1-2H3,(H,24,26). The van der Waals surface area contributed by atoms with Gasteiger partial charge >= 0.3 is 0 Å². The Morgan fingerprint density at radius 3 is 2.78 bits per heavy atom. The molecule has 27 heavy (non-hydrogen) atoms. The Morgan fingerprint density at radius 1 is 1.19 bits per heavy atom. The maximum atomic E-state index is 11.9. The second-order valence-electron chi connectivity index (χ2n) is 7.33. The number of nitrogens with one attached hydrogen (secondary N) is 1. The number of nitrogens with zero attached hydrogens (tertiary/aromatic N) is 2. The number of imidazole rings is 1. The molecule has 2 aromatic carbocycles. The molecule has 1 amide bonds. The van der Waals surface area contributed by atoms with Gasteiger partial charge in [0.1, 0.15) is 5.60 Å². The number of hydrogen-bond donors (Lipinski definition) is 2. The number of aliphatic hydroxyl groups is 1. The van der Waals surface area contributed by atoms with Crippen LogP contribution in [0, 0.1) is 13.8 Å². The van der Waals surface area contributed by atoms with Gasteiger partial charge in [-0.05, 0) is 48.6 Å². The maximum absolute atomic E-state index is 11.9. The largest absolute Gasteiger partial charge is 0.378 e. The van der Waals surface area contributed by atoms with Gasteiger partial charge < -0.3 is 15.0 Å². The van der Waals surface area contributed by atoms with Crippen LogP contribution in [0.1, 0.15) is 34.2 Å². The Kier molecular flexibility index (Phi) is 4.32. The van der Waals surface area contributed by atoms with Gasteiger partial charge in [0.15, 0.2) is 0 Å². The molecule has 3 aromatic rings. The molecule has 5 nitrogen and oxygen atoms in total. The van der Waals surface area contributed by atoms with Gasteiger partial charge in [-0.25, -0.2) is 4.98 Å². The van der Waals surface area contributed by atoms with Crippen LogP contribution in [0.4, 0.5) is 5.69 Å². The second-order valence-corrected chi connectivity index (χ2v) is 7.33. The number of fused-ring (bicyclic) bond motifs is 1. The molecule has 0 saturated heterocycles. The van der Waals surface area contributed by atoms with Crippen molar-refractivity contribution in [2.24, 2.45) is 0 Å². The van der Waals surface area contributed by atoms with Crippen LogP contribution < -0.4 is 5.32 Å². The zero-order valence-corrected chi connectivity index (χ0v) is 15.6. The minimum absolute atomic E-state index is 0.0401. The van der Waals surface area contributed by atoms with Crippen LogP contribution in [-0.2, 0) is 23.4 Å². The van der Waals surface area contributed by atoms with Crippen molar-refractivity contribution < 1.29 is 9.90 Å². The quantitative estimate of drug-likeness (QED) is 0.749. The second kappa shape index (κ2) is 6.67. The average Bonchev–Trinajstić information content (AvgIpc) is 3.13. The summed E-state index contributed by atoms with van der Waals surface area (Å²) in [6.07, 6.45) is 6.44. The average molecular weight is 361 g/mol. The highest BCUT2D eigenvalue weighted by Crippen LogP contribution is 2.36. The van der Waals surface area contributed by atoms with Crippen molar-refractivity contribution in [3.8, 4) is 0 Å². The minimum Gasteiger partial charge on any atom is -0.378 e. The summed E-state index contributed by atoms with van der Waals surface area (Å²) in [6, 6.07) is 11.9. The summed E-state index contributed by atoms with van der Waals surface area (Å²) in [4.78, 5) is 15.8. The SMILES string of the molecule is Cc1ccc(C(O)(Cn2ccnc2)c2ccc3c(c2)CCC(=O)N3)c(C)c1. The fourth-order valence-corrected chi connectivity index (χ4v) is 3.89. The number of aryl methyl sites for hydroxylation is 3. The number of carbonyl (C=O) groups excluding carboxylic acids is 1. The number of carbonyl (C=O) groups is 1. The lowest BCUT2D eigenvalue weighted by Gasteiger charge is -2.32. The summed E-state index contributed by atoms with van der Waals surface area (Å²) >= 11 is 0. The highest BCUT2D eigenvalue weighted by molar-refractivity contribution is 5.93. The molecule has 2 heterocycles. The first-order valence-corrected chi connectivity index (χ1v) is 9.15. The van der Waals surface area contributed by atoms with Crippen LogP contribution in [0.2, 0.25) is 0 Å². The summed E-state index contributed by atoms with van der Waals surface area (Å²) in [7, 11) is 0. The molecule has 2 N–H and O–H groups in total. The van der Waals surface area contributed by atoms with Crippen LogP contribution in [0.15, 0.2) is 55.1 Å². The third-order valence-electron chi connectivity index (χ3n) is 5.28. The zero-order chi connectivity index (χ0) is 19.0. The summed E-state index contributed by atoms with van der Waals surface area (Å²) in [5, 5.41) is 14.8. The molecule has 0 radical (unpaired) electrons. The van der Waals surface area contributed by atoms with Crippen LogP contribution in [-0.4, -0.2) is 20.6 Å². The molecule has 4 rings (SSSR count). The van der Waals surface area contributed by atoms with Crippen molar-refractivity contribution in [1.82, 2.24) is 9.55 Å². The highest BCUT2D eigenvalue weighted by Gasteiger charge is 2.34. The van der Waals surface area contributed by atoms with Gasteiger partial charge in [-0.2, -0.15) is 0 Å². The van der Waals surface area contributed by atoms with E-state index in [2.05, 4.69) is 16.4 Å². The van der Waals surface area contributed by atoms with E-state index in [1.807, 2.05) is 54.9 Å². The minimum atomic E-state index is -1.20. The van der Waals surface area contributed by atoms with Crippen LogP contribution >= 0.6 is 0 Å². The van der Waals surface area contributed by atoms with E-state index < -0.39 is 5.60 Å². The zero-order valence-electron chi connectivity index (χ0n) is 15.6. The molecule has 1 atom stereocenters. The van der Waals surface area contributed by atoms with E-state index in [0.717, 1.165) is 33.5 Å². The number of anilines is 1. The van der Waals surface area contributed by atoms with Crippen molar-refractivity contribution in [1.29, 1.82) is 0 Å². The molecule has 0 aliphatic carbocycles. The molecule has 1 aliphatic rings. The van der Waals surface area contributed by atoms with Gasteiger partial charge in [0, 0.05) is 24.5 Å². The summed E-state index contributed by atoms with van der Waals surface area (Å²) in [5.74, 6) is 0.0401. The first kappa shape index (κ1) is 17.5. The van der Waals surface area contributed by atoms with Crippen molar-refractivity contribution in [2.75, 3.05) is 5.32 Å². The first-order chi connectivity index (χ1) is 13.0. The summed E-state index contributed by atoms with van der Waals surface area (Å²) < 4.78 is 1.89. The molecule has 0 fully saturated rings. The normalized spacial score (nSPS) is 15.7. The lowest BCUT2D eigenvalue weighted by molar-refractivity contribution is -0.116. The molecular formula is C22H23N3O2. The number of aromatic nitrogens is 2. The smallest absolute Gasteiger partial charge is 0.224 e. The van der Waals surface area contributed by atoms with Gasteiger partial charge in [-0.1, -0.05) is 35.9 Å². The third-order valence-corrected chi connectivity index (χ3v) is 5.28. The fraction of sp³-hybridized carbons (Fsp3) is 0.273. The van der Waals surface area contributed by atoms with Crippen molar-refractivity contribution in [2.45, 2.75) is 38.8 Å². The molecule has 138 valence electrons. The number of amides is 1. The molecule has 1 aliphatic heterocycles. The number of hydrogen-bond acceptors (Lipinski definition) is 3. The van der Waals surface area contributed by atoms with E-state index in [1.165, 1.54) is 0 Å². The Labute approximate surface area is 158 Å². The predicted molar refractivity (Wildman–Crippen MR) is 105 cm³/mol. The van der Waals surface area contributed by atoms with E-state index in [4.69, 9.17) is 0 Å². The summed E-state index contributed by atoms with van der Waals surface area (Å²) in [6.45, 7) is 4.44. The van der Waals surface area contributed by atoms with Gasteiger partial charge in [0.25, 0.3) is 0 Å². The van der Waals surface area contributed by atoms with E-state index in [9.17, 15) is 9.90 Å². The van der Waals surface area contributed by atoms with E-state index in [0.29, 0.717) is 19.4 Å². The van der Waals surface area contributed by atoms with Crippen molar-refractivity contribution >= 4 is 11.6 Å². The van der Waals surface area contributed by atoms with Crippen LogP contribution in [0.5, 0.6) is 0 Å². The molecule has 0 spiro atoms. The van der Waals surface area contributed by atoms with Crippen molar-refractivity contribution in [3.63, 3.8) is 0 Å². The van der Waals surface area contributed by atoms with Gasteiger partial charge in [0.05, 0.1) is 12.9 Å².